The minimum Gasteiger partial charge on any atom is -1.00 e. The van der Waals surface area contributed by atoms with Gasteiger partial charge in [0.05, 0.1) is 5.34 Å². The van der Waals surface area contributed by atoms with Crippen molar-refractivity contribution in [1.29, 1.82) is 0 Å². The van der Waals surface area contributed by atoms with Gasteiger partial charge in [-0.25, -0.2) is 0 Å². The number of amidine groups is 1. The molecular formula is C26H31Cl4N2P. The zero-order valence-electron chi connectivity index (χ0n) is 19.4. The Morgan fingerprint density at radius 2 is 1.06 bits per heavy atom. The summed E-state index contributed by atoms with van der Waals surface area (Å²) in [6.45, 7) is 6.31. The largest absolute Gasteiger partial charge is 1.00 e. The van der Waals surface area contributed by atoms with Crippen molar-refractivity contribution >= 4 is 57.7 Å². The van der Waals surface area contributed by atoms with E-state index in [1.165, 1.54) is 0 Å². The molecule has 0 aliphatic heterocycles. The van der Waals surface area contributed by atoms with Crippen LogP contribution in [0, 0.1) is 0 Å². The molecule has 0 aromatic heterocycles. The molecular weight excluding hydrogens is 513 g/mol. The third-order valence-corrected chi connectivity index (χ3v) is 8.65. The molecule has 0 amide bonds. The van der Waals surface area contributed by atoms with Gasteiger partial charge in [0.1, 0.15) is 21.8 Å². The Bertz CT molecular complexity index is 904. The van der Waals surface area contributed by atoms with Gasteiger partial charge in [0.2, 0.25) is 0 Å². The highest BCUT2D eigenvalue weighted by atomic mass is 35.7. The molecule has 0 unspecified atom stereocenters. The summed E-state index contributed by atoms with van der Waals surface area (Å²) >= 11 is 17.0. The lowest BCUT2D eigenvalue weighted by Crippen LogP contribution is -3.00. The first-order valence-corrected chi connectivity index (χ1v) is 14.3. The zero-order chi connectivity index (χ0) is 23.6. The lowest BCUT2D eigenvalue weighted by molar-refractivity contribution is -0.00000710. The van der Waals surface area contributed by atoms with Gasteiger partial charge in [0, 0.05) is 17.6 Å². The molecule has 33 heavy (non-hydrogen) atoms. The lowest BCUT2D eigenvalue weighted by atomic mass is 10.1. The fraction of sp³-hybridized carbons (Fsp3) is 0.269. The van der Waals surface area contributed by atoms with Crippen LogP contribution in [0.1, 0.15) is 33.3 Å². The SMILES string of the molecule is CC(C)N(/C(=N/[P+](Cl)(c1ccccc1)c1ccccc1)c1ccccc1)C(C)C.ClCCl.[Cl-]. The van der Waals surface area contributed by atoms with E-state index >= 15 is 0 Å². The standard InChI is InChI=1S/C25H29ClN2P.CH2Cl2.ClH/c1-20(2)28(21(3)4)25(22-14-8-5-9-15-22)27-29(26,23-16-10-6-11-17-23)24-18-12-7-13-19-24;2-1-3;/h5-21H,1-4H3;1H2;1H/q+1;;/p-1/b27-25+;;. The molecule has 7 heteroatoms. The van der Waals surface area contributed by atoms with Crippen molar-refractivity contribution in [2.45, 2.75) is 39.8 Å². The molecule has 3 aromatic rings. The van der Waals surface area contributed by atoms with E-state index in [1.54, 1.807) is 0 Å². The van der Waals surface area contributed by atoms with Crippen LogP contribution in [0.3, 0.4) is 0 Å². The maximum atomic E-state index is 7.49. The lowest BCUT2D eigenvalue weighted by Gasteiger charge is -2.34. The van der Waals surface area contributed by atoms with Gasteiger partial charge in [-0.2, -0.15) is 0 Å². The van der Waals surface area contributed by atoms with Gasteiger partial charge >= 0.3 is 0 Å². The van der Waals surface area contributed by atoms with E-state index < -0.39 is 6.77 Å². The Balaban J connectivity index is 0.00000129. The summed E-state index contributed by atoms with van der Waals surface area (Å²) in [5, 5.41) is 2.32. The minimum atomic E-state index is -2.51. The predicted molar refractivity (Wildman–Crippen MR) is 147 cm³/mol. The predicted octanol–water partition coefficient (Wildman–Crippen LogP) is 4.71. The Hall–Kier alpha value is -1.28. The first kappa shape index (κ1) is 29.8. The van der Waals surface area contributed by atoms with Gasteiger partial charge in [-0.05, 0) is 52.0 Å². The average Bonchev–Trinajstić information content (AvgIpc) is 2.80. The van der Waals surface area contributed by atoms with Crippen molar-refractivity contribution in [2.75, 3.05) is 5.34 Å². The van der Waals surface area contributed by atoms with Gasteiger partial charge in [0.15, 0.2) is 5.84 Å². The van der Waals surface area contributed by atoms with Crippen LogP contribution in [0.5, 0.6) is 0 Å². The second-order valence-electron chi connectivity index (χ2n) is 7.71. The van der Waals surface area contributed by atoms with Crippen LogP contribution in [0.4, 0.5) is 0 Å². The van der Waals surface area contributed by atoms with Crippen molar-refractivity contribution in [3.63, 3.8) is 0 Å². The molecule has 0 fully saturated rings. The van der Waals surface area contributed by atoms with Crippen LogP contribution >= 0.6 is 41.2 Å². The second kappa shape index (κ2) is 14.9. The van der Waals surface area contributed by atoms with Crippen molar-refractivity contribution in [2.24, 2.45) is 4.76 Å². The molecule has 0 aliphatic rings. The van der Waals surface area contributed by atoms with Crippen LogP contribution in [-0.4, -0.2) is 28.2 Å². The van der Waals surface area contributed by atoms with Crippen molar-refractivity contribution in [3.05, 3.63) is 96.6 Å². The molecule has 0 N–H and O–H groups in total. The van der Waals surface area contributed by atoms with Crippen molar-refractivity contribution in [1.82, 2.24) is 4.90 Å². The molecule has 3 aromatic carbocycles. The third kappa shape index (κ3) is 8.16. The summed E-state index contributed by atoms with van der Waals surface area (Å²) in [6.07, 6.45) is 0. The molecule has 0 heterocycles. The third-order valence-electron chi connectivity index (χ3n) is 4.82. The second-order valence-corrected chi connectivity index (χ2v) is 12.3. The van der Waals surface area contributed by atoms with Gasteiger partial charge in [0.25, 0.3) is 6.77 Å². The van der Waals surface area contributed by atoms with Crippen LogP contribution in [-0.2, 0) is 0 Å². The first-order chi connectivity index (χ1) is 15.3. The van der Waals surface area contributed by atoms with Gasteiger partial charge in [-0.15, -0.1) is 23.2 Å². The Labute approximate surface area is 220 Å². The molecule has 0 radical (unpaired) electrons. The molecule has 0 atom stereocenters. The van der Waals surface area contributed by atoms with E-state index in [0.29, 0.717) is 12.1 Å². The highest BCUT2D eigenvalue weighted by molar-refractivity contribution is 8.09. The van der Waals surface area contributed by atoms with E-state index in [9.17, 15) is 0 Å². The Morgan fingerprint density at radius 3 is 1.39 bits per heavy atom. The molecule has 0 bridgehead atoms. The molecule has 0 aliphatic carbocycles. The average molecular weight is 544 g/mol. The van der Waals surface area contributed by atoms with E-state index in [2.05, 4.69) is 81.1 Å². The molecule has 178 valence electrons. The monoisotopic (exact) mass is 542 g/mol. The summed E-state index contributed by atoms with van der Waals surface area (Å²) in [7, 11) is 0. The van der Waals surface area contributed by atoms with Crippen LogP contribution in [0.2, 0.25) is 0 Å². The minimum absolute atomic E-state index is 0. The number of nitrogens with zero attached hydrogens (tertiary/aromatic N) is 2. The summed E-state index contributed by atoms with van der Waals surface area (Å²) in [5.41, 5.74) is 1.09. The maximum Gasteiger partial charge on any atom is 0.296 e. The van der Waals surface area contributed by atoms with Crippen LogP contribution in [0.25, 0.3) is 0 Å². The fourth-order valence-corrected chi connectivity index (χ4v) is 6.61. The van der Waals surface area contributed by atoms with Crippen molar-refractivity contribution in [3.8, 4) is 0 Å². The fourth-order valence-electron chi connectivity index (χ4n) is 3.58. The summed E-state index contributed by atoms with van der Waals surface area (Å²) in [6, 6.07) is 31.5. The van der Waals surface area contributed by atoms with E-state index in [4.69, 9.17) is 39.2 Å². The number of hydrogen-bond acceptors (Lipinski definition) is 1. The van der Waals surface area contributed by atoms with Crippen LogP contribution < -0.4 is 23.0 Å². The number of halogens is 4. The summed E-state index contributed by atoms with van der Waals surface area (Å²) in [5.74, 6) is 0.951. The first-order valence-electron chi connectivity index (χ1n) is 10.6. The number of alkyl halides is 2. The van der Waals surface area contributed by atoms with E-state index in [-0.39, 0.29) is 17.7 Å². The molecule has 0 saturated carbocycles. The zero-order valence-corrected chi connectivity index (χ0v) is 23.3. The molecule has 0 saturated heterocycles. The Morgan fingerprint density at radius 1 is 0.727 bits per heavy atom. The van der Waals surface area contributed by atoms with Crippen molar-refractivity contribution < 1.29 is 12.4 Å². The van der Waals surface area contributed by atoms with E-state index in [1.807, 2.05) is 42.5 Å². The smallest absolute Gasteiger partial charge is 0.296 e. The highest BCUT2D eigenvalue weighted by Crippen LogP contribution is 2.63. The number of benzene rings is 3. The van der Waals surface area contributed by atoms with Gasteiger partial charge in [-0.1, -0.05) is 71.5 Å². The van der Waals surface area contributed by atoms with Gasteiger partial charge < -0.3 is 17.3 Å². The number of hydrogen-bond donors (Lipinski definition) is 0. The normalized spacial score (nSPS) is 11.5. The molecule has 0 spiro atoms. The maximum absolute atomic E-state index is 7.49. The Kier molecular flexibility index (Phi) is 13.4. The quantitative estimate of drug-likeness (QED) is 0.190. The summed E-state index contributed by atoms with van der Waals surface area (Å²) < 4.78 is 5.38. The highest BCUT2D eigenvalue weighted by Gasteiger charge is 2.44. The summed E-state index contributed by atoms with van der Waals surface area (Å²) in [4.78, 5) is 2.36. The van der Waals surface area contributed by atoms with Gasteiger partial charge in [-0.3, -0.25) is 0 Å². The topological polar surface area (TPSA) is 15.6 Å². The number of rotatable bonds is 6. The molecule has 3 rings (SSSR count). The van der Waals surface area contributed by atoms with E-state index in [0.717, 1.165) is 22.0 Å². The van der Waals surface area contributed by atoms with Crippen LogP contribution in [0.15, 0.2) is 95.8 Å². The molecule has 2 nitrogen and oxygen atoms in total.